The summed E-state index contributed by atoms with van der Waals surface area (Å²) in [4.78, 5) is 0.923. The molecule has 0 aliphatic heterocycles. The van der Waals surface area contributed by atoms with Gasteiger partial charge in [-0.25, -0.2) is 8.42 Å². The first kappa shape index (κ1) is 15.5. The largest absolute Gasteiger partial charge is 0.385 e. The molecule has 0 heterocycles. The van der Waals surface area contributed by atoms with Gasteiger partial charge in [-0.05, 0) is 37.1 Å². The minimum atomic E-state index is -3.09. The lowest BCUT2D eigenvalue weighted by Crippen LogP contribution is -2.08. The highest BCUT2D eigenvalue weighted by molar-refractivity contribution is 9.09. The summed E-state index contributed by atoms with van der Waals surface area (Å²) >= 11 is 3.58. The minimum Gasteiger partial charge on any atom is -0.385 e. The number of nitrogens with one attached hydrogen (secondary N) is 1. The Morgan fingerprint density at radius 3 is 2.33 bits per heavy atom. The highest BCUT2D eigenvalue weighted by Gasteiger charge is 2.10. The van der Waals surface area contributed by atoms with E-state index in [2.05, 4.69) is 28.2 Å². The van der Waals surface area contributed by atoms with E-state index in [-0.39, 0.29) is 5.75 Å². The van der Waals surface area contributed by atoms with Crippen LogP contribution >= 0.6 is 15.9 Å². The molecule has 0 saturated carbocycles. The first-order valence-electron chi connectivity index (χ1n) is 6.20. The van der Waals surface area contributed by atoms with Gasteiger partial charge in [-0.15, -0.1) is 0 Å². The van der Waals surface area contributed by atoms with Gasteiger partial charge < -0.3 is 5.32 Å². The van der Waals surface area contributed by atoms with E-state index in [1.165, 1.54) is 0 Å². The molecule has 0 amide bonds. The molecule has 102 valence electrons. The molecule has 1 N–H and O–H groups in total. The summed E-state index contributed by atoms with van der Waals surface area (Å²) in [5.74, 6) is 0.140. The van der Waals surface area contributed by atoms with Crippen LogP contribution in [0.3, 0.4) is 0 Å². The molecule has 1 rings (SSSR count). The molecule has 0 saturated heterocycles. The van der Waals surface area contributed by atoms with Gasteiger partial charge in [-0.1, -0.05) is 29.8 Å². The van der Waals surface area contributed by atoms with Crippen molar-refractivity contribution in [1.29, 1.82) is 0 Å². The molecule has 0 radical (unpaired) electrons. The van der Waals surface area contributed by atoms with Crippen molar-refractivity contribution in [2.24, 2.45) is 0 Å². The van der Waals surface area contributed by atoms with Crippen LogP contribution in [-0.2, 0) is 9.84 Å². The molecule has 0 aliphatic rings. The Balaban J connectivity index is 2.56. The number of anilines is 1. The van der Waals surface area contributed by atoms with E-state index in [4.69, 9.17) is 0 Å². The third-order valence-electron chi connectivity index (χ3n) is 2.82. The summed E-state index contributed by atoms with van der Waals surface area (Å²) < 4.78 is 23.3. The smallest absolute Gasteiger partial charge is 0.178 e. The summed E-state index contributed by atoms with van der Waals surface area (Å²) in [6, 6.07) is 6.95. The van der Waals surface area contributed by atoms with Crippen LogP contribution in [0.5, 0.6) is 0 Å². The second-order valence-corrected chi connectivity index (χ2v) is 7.72. The fourth-order valence-electron chi connectivity index (χ4n) is 1.52. The molecule has 1 atom stereocenters. The second-order valence-electron chi connectivity index (χ2n) is 4.15. The van der Waals surface area contributed by atoms with E-state index in [0.29, 0.717) is 9.72 Å². The van der Waals surface area contributed by atoms with Crippen LogP contribution in [0.2, 0.25) is 0 Å². The van der Waals surface area contributed by atoms with Gasteiger partial charge in [-0.2, -0.15) is 0 Å². The van der Waals surface area contributed by atoms with Crippen LogP contribution < -0.4 is 5.32 Å². The summed E-state index contributed by atoms with van der Waals surface area (Å²) in [6.45, 7) is 4.68. The Morgan fingerprint density at radius 1 is 1.22 bits per heavy atom. The molecule has 1 aromatic rings. The van der Waals surface area contributed by atoms with E-state index in [1.807, 2.05) is 12.1 Å². The van der Waals surface area contributed by atoms with E-state index < -0.39 is 9.84 Å². The van der Waals surface area contributed by atoms with Crippen molar-refractivity contribution in [2.45, 2.75) is 36.4 Å². The highest BCUT2D eigenvalue weighted by Crippen LogP contribution is 2.16. The van der Waals surface area contributed by atoms with Crippen molar-refractivity contribution in [3.63, 3.8) is 0 Å². The fourth-order valence-corrected chi connectivity index (χ4v) is 2.64. The summed E-state index contributed by atoms with van der Waals surface area (Å²) in [5.41, 5.74) is 0.959. The third-order valence-corrected chi connectivity index (χ3v) is 5.68. The second kappa shape index (κ2) is 7.14. The maximum Gasteiger partial charge on any atom is 0.178 e. The van der Waals surface area contributed by atoms with E-state index in [0.717, 1.165) is 25.1 Å². The molecule has 1 unspecified atom stereocenters. The fraction of sp³-hybridized carbons (Fsp3) is 0.538. The summed E-state index contributed by atoms with van der Waals surface area (Å²) in [5, 5.41) is 3.28. The Bertz CT molecular complexity index is 456. The van der Waals surface area contributed by atoms with Crippen LogP contribution in [0.15, 0.2) is 29.2 Å². The number of sulfone groups is 1. The van der Waals surface area contributed by atoms with Crippen LogP contribution in [0, 0.1) is 0 Å². The average molecular weight is 334 g/mol. The number of halogens is 1. The number of alkyl halides is 1. The topological polar surface area (TPSA) is 46.2 Å². The number of rotatable bonds is 7. The van der Waals surface area contributed by atoms with Gasteiger partial charge in [0.1, 0.15) is 0 Å². The number of hydrogen-bond donors (Lipinski definition) is 1. The van der Waals surface area contributed by atoms with Crippen molar-refractivity contribution in [1.82, 2.24) is 0 Å². The Hall–Kier alpha value is -0.550. The van der Waals surface area contributed by atoms with E-state index >= 15 is 0 Å². The maximum absolute atomic E-state index is 11.6. The summed E-state index contributed by atoms with van der Waals surface area (Å²) in [7, 11) is -3.09. The molecular formula is C13H20BrNO2S. The normalized spacial score (nSPS) is 13.3. The Kier molecular flexibility index (Phi) is 6.15. The van der Waals surface area contributed by atoms with Crippen molar-refractivity contribution in [3.05, 3.63) is 24.3 Å². The SMILES string of the molecule is CCC(Br)CCNc1ccc(S(=O)(=O)CC)cc1. The van der Waals surface area contributed by atoms with Crippen LogP contribution in [0.4, 0.5) is 5.69 Å². The number of hydrogen-bond acceptors (Lipinski definition) is 3. The van der Waals surface area contributed by atoms with Gasteiger partial charge >= 0.3 is 0 Å². The predicted octanol–water partition coefficient (Wildman–Crippen LogP) is 3.46. The lowest BCUT2D eigenvalue weighted by Gasteiger charge is -2.10. The van der Waals surface area contributed by atoms with E-state index in [9.17, 15) is 8.42 Å². The maximum atomic E-state index is 11.6. The van der Waals surface area contributed by atoms with Crippen LogP contribution in [0.25, 0.3) is 0 Å². The Labute approximate surface area is 118 Å². The van der Waals surface area contributed by atoms with Crippen molar-refractivity contribution in [2.75, 3.05) is 17.6 Å². The van der Waals surface area contributed by atoms with Gasteiger partial charge in [-0.3, -0.25) is 0 Å². The monoisotopic (exact) mass is 333 g/mol. The first-order chi connectivity index (χ1) is 8.49. The number of benzene rings is 1. The van der Waals surface area contributed by atoms with Crippen LogP contribution in [0.1, 0.15) is 26.7 Å². The molecule has 5 heteroatoms. The third kappa shape index (κ3) is 4.61. The van der Waals surface area contributed by atoms with Crippen molar-refractivity contribution in [3.8, 4) is 0 Å². The predicted molar refractivity (Wildman–Crippen MR) is 80.3 cm³/mol. The first-order valence-corrected chi connectivity index (χ1v) is 8.77. The summed E-state index contributed by atoms with van der Waals surface area (Å²) in [6.07, 6.45) is 2.15. The minimum absolute atomic E-state index is 0.140. The standard InChI is InChI=1S/C13H20BrNO2S/c1-3-11(14)9-10-15-12-5-7-13(8-6-12)18(16,17)4-2/h5-8,11,15H,3-4,9-10H2,1-2H3. The zero-order valence-corrected chi connectivity index (χ0v) is 13.2. The average Bonchev–Trinajstić information content (AvgIpc) is 2.39. The van der Waals surface area contributed by atoms with Crippen molar-refractivity contribution >= 4 is 31.5 Å². The molecule has 0 spiro atoms. The molecule has 0 aliphatic carbocycles. The highest BCUT2D eigenvalue weighted by atomic mass is 79.9. The van der Waals surface area contributed by atoms with Crippen molar-refractivity contribution < 1.29 is 8.42 Å². The molecule has 18 heavy (non-hydrogen) atoms. The van der Waals surface area contributed by atoms with Gasteiger partial charge in [0.15, 0.2) is 9.84 Å². The van der Waals surface area contributed by atoms with Gasteiger partial charge in [0.05, 0.1) is 10.6 Å². The molecule has 3 nitrogen and oxygen atoms in total. The van der Waals surface area contributed by atoms with Gasteiger partial charge in [0.2, 0.25) is 0 Å². The molecule has 0 fully saturated rings. The van der Waals surface area contributed by atoms with E-state index in [1.54, 1.807) is 19.1 Å². The quantitative estimate of drug-likeness (QED) is 0.777. The van der Waals surface area contributed by atoms with Gasteiger partial charge in [0.25, 0.3) is 0 Å². The lowest BCUT2D eigenvalue weighted by molar-refractivity contribution is 0.597. The zero-order valence-electron chi connectivity index (χ0n) is 10.8. The lowest BCUT2D eigenvalue weighted by atomic mass is 10.2. The molecule has 0 bridgehead atoms. The molecular weight excluding hydrogens is 314 g/mol. The van der Waals surface area contributed by atoms with Gasteiger partial charge in [0, 0.05) is 17.1 Å². The zero-order chi connectivity index (χ0) is 13.6. The molecule has 0 aromatic heterocycles. The molecule has 1 aromatic carbocycles. The Morgan fingerprint density at radius 2 is 1.83 bits per heavy atom. The van der Waals surface area contributed by atoms with Crippen LogP contribution in [-0.4, -0.2) is 25.5 Å².